The van der Waals surface area contributed by atoms with Crippen LogP contribution < -0.4 is 0 Å². The fraction of sp³-hybridized carbons (Fsp3) is 0.188. The van der Waals surface area contributed by atoms with Crippen LogP contribution >= 0.6 is 27.7 Å². The van der Waals surface area contributed by atoms with Crippen LogP contribution in [0.5, 0.6) is 0 Å². The molecule has 0 atom stereocenters. The number of carbonyl (C=O) groups is 1. The van der Waals surface area contributed by atoms with Crippen molar-refractivity contribution < 1.29 is 4.79 Å². The lowest BCUT2D eigenvalue weighted by Gasteiger charge is -2.06. The van der Waals surface area contributed by atoms with Crippen LogP contribution in [0.2, 0.25) is 0 Å². The summed E-state index contributed by atoms with van der Waals surface area (Å²) in [5.74, 6) is 0.963. The van der Waals surface area contributed by atoms with Gasteiger partial charge in [0.25, 0.3) is 0 Å². The Kier molecular flexibility index (Phi) is 4.83. The molecule has 0 radical (unpaired) electrons. The molecule has 0 aliphatic carbocycles. The van der Waals surface area contributed by atoms with Crippen LogP contribution in [0.1, 0.15) is 35.3 Å². The smallest absolute Gasteiger partial charge is 0.195 e. The van der Waals surface area contributed by atoms with Gasteiger partial charge in [-0.2, -0.15) is 0 Å². The summed E-state index contributed by atoms with van der Waals surface area (Å²) < 4.78 is 0.886. The van der Waals surface area contributed by atoms with Crippen molar-refractivity contribution >= 4 is 33.5 Å². The summed E-state index contributed by atoms with van der Waals surface area (Å²) >= 11 is 5.20. The lowest BCUT2D eigenvalue weighted by molar-refractivity contribution is 0.103. The Hall–Kier alpha value is -1.06. The highest BCUT2D eigenvalue weighted by atomic mass is 79.9. The van der Waals surface area contributed by atoms with E-state index in [0.717, 1.165) is 31.8 Å². The summed E-state index contributed by atoms with van der Waals surface area (Å²) in [5, 5.41) is 0. The number of thioether (sulfide) groups is 1. The number of rotatable bonds is 0. The Balaban J connectivity index is 0.000000637. The lowest BCUT2D eigenvalue weighted by atomic mass is 9.99. The Morgan fingerprint density at radius 3 is 2.58 bits per heavy atom. The maximum absolute atomic E-state index is 12.5. The van der Waals surface area contributed by atoms with Crippen LogP contribution in [0.15, 0.2) is 51.8 Å². The van der Waals surface area contributed by atoms with Gasteiger partial charge in [-0.05, 0) is 23.8 Å². The zero-order valence-corrected chi connectivity index (χ0v) is 13.3. The van der Waals surface area contributed by atoms with Crippen molar-refractivity contribution in [3.63, 3.8) is 0 Å². The normalized spacial score (nSPS) is 12.7. The van der Waals surface area contributed by atoms with E-state index in [0.29, 0.717) is 0 Å². The molecule has 2 aromatic rings. The maximum atomic E-state index is 12.5. The van der Waals surface area contributed by atoms with Crippen LogP contribution in [0, 0.1) is 0 Å². The van der Waals surface area contributed by atoms with Crippen LogP contribution in [-0.2, 0) is 5.75 Å². The second-order valence-electron chi connectivity index (χ2n) is 3.89. The number of hydrogen-bond donors (Lipinski definition) is 0. The van der Waals surface area contributed by atoms with E-state index in [-0.39, 0.29) is 5.78 Å². The summed E-state index contributed by atoms with van der Waals surface area (Å²) in [6, 6.07) is 13.7. The first-order valence-electron chi connectivity index (χ1n) is 6.31. The molecule has 19 heavy (non-hydrogen) atoms. The van der Waals surface area contributed by atoms with Crippen LogP contribution in [0.25, 0.3) is 0 Å². The van der Waals surface area contributed by atoms with Gasteiger partial charge in [-0.25, -0.2) is 0 Å². The summed E-state index contributed by atoms with van der Waals surface area (Å²) in [6.45, 7) is 4.00. The van der Waals surface area contributed by atoms with Crippen molar-refractivity contribution in [2.75, 3.05) is 0 Å². The zero-order chi connectivity index (χ0) is 13.8. The van der Waals surface area contributed by atoms with Gasteiger partial charge in [-0.15, -0.1) is 11.8 Å². The number of benzene rings is 2. The van der Waals surface area contributed by atoms with E-state index in [1.807, 2.05) is 56.3 Å². The van der Waals surface area contributed by atoms with Gasteiger partial charge in [-0.1, -0.05) is 54.0 Å². The van der Waals surface area contributed by atoms with E-state index in [9.17, 15) is 4.79 Å². The minimum atomic E-state index is 0.119. The molecule has 1 aliphatic heterocycles. The van der Waals surface area contributed by atoms with Gasteiger partial charge in [0.15, 0.2) is 5.78 Å². The van der Waals surface area contributed by atoms with Crippen molar-refractivity contribution in [2.45, 2.75) is 24.5 Å². The van der Waals surface area contributed by atoms with Gasteiger partial charge in [0.1, 0.15) is 0 Å². The summed E-state index contributed by atoms with van der Waals surface area (Å²) in [6.07, 6.45) is 0. The minimum Gasteiger partial charge on any atom is -0.289 e. The second-order valence-corrected chi connectivity index (χ2v) is 5.76. The SMILES string of the molecule is CC.O=C1c2ccccc2SCc2cccc(Br)c21. The van der Waals surface area contributed by atoms with Gasteiger partial charge in [0.2, 0.25) is 0 Å². The zero-order valence-electron chi connectivity index (χ0n) is 10.9. The molecule has 0 saturated carbocycles. The average Bonchev–Trinajstić information content (AvgIpc) is 2.60. The van der Waals surface area contributed by atoms with E-state index in [2.05, 4.69) is 15.9 Å². The van der Waals surface area contributed by atoms with Crippen molar-refractivity contribution in [3.8, 4) is 0 Å². The first kappa shape index (κ1) is 14.4. The molecule has 0 saturated heterocycles. The van der Waals surface area contributed by atoms with E-state index in [1.165, 1.54) is 0 Å². The fourth-order valence-corrected chi connectivity index (χ4v) is 3.64. The molecular formula is C16H15BrOS. The third kappa shape index (κ3) is 2.77. The lowest BCUT2D eigenvalue weighted by Crippen LogP contribution is -2.04. The van der Waals surface area contributed by atoms with Gasteiger partial charge in [0.05, 0.1) is 0 Å². The summed E-state index contributed by atoms with van der Waals surface area (Å²) in [4.78, 5) is 13.6. The molecule has 0 amide bonds. The molecule has 1 heterocycles. The molecule has 0 spiro atoms. The highest BCUT2D eigenvalue weighted by molar-refractivity contribution is 9.10. The average molecular weight is 335 g/mol. The molecule has 0 bridgehead atoms. The predicted molar refractivity (Wildman–Crippen MR) is 84.9 cm³/mol. The highest BCUT2D eigenvalue weighted by Crippen LogP contribution is 2.36. The Bertz CT molecular complexity index is 607. The van der Waals surface area contributed by atoms with E-state index in [4.69, 9.17) is 0 Å². The molecule has 1 nitrogen and oxygen atoms in total. The number of halogens is 1. The van der Waals surface area contributed by atoms with Crippen molar-refractivity contribution in [3.05, 3.63) is 63.6 Å². The van der Waals surface area contributed by atoms with E-state index in [1.54, 1.807) is 11.8 Å². The highest BCUT2D eigenvalue weighted by Gasteiger charge is 2.22. The third-order valence-electron chi connectivity index (χ3n) is 2.84. The Morgan fingerprint density at radius 2 is 1.79 bits per heavy atom. The first-order valence-corrected chi connectivity index (χ1v) is 8.09. The molecule has 3 heteroatoms. The number of ketones is 1. The first-order chi connectivity index (χ1) is 9.27. The van der Waals surface area contributed by atoms with Gasteiger partial charge in [0, 0.05) is 26.2 Å². The molecule has 1 aliphatic rings. The van der Waals surface area contributed by atoms with Crippen LogP contribution in [-0.4, -0.2) is 5.78 Å². The maximum Gasteiger partial charge on any atom is 0.195 e. The monoisotopic (exact) mass is 334 g/mol. The van der Waals surface area contributed by atoms with E-state index >= 15 is 0 Å². The second kappa shape index (κ2) is 6.40. The topological polar surface area (TPSA) is 17.1 Å². The van der Waals surface area contributed by atoms with Gasteiger partial charge in [-0.3, -0.25) is 4.79 Å². The Morgan fingerprint density at radius 1 is 1.05 bits per heavy atom. The van der Waals surface area contributed by atoms with E-state index < -0.39 is 0 Å². The summed E-state index contributed by atoms with van der Waals surface area (Å²) in [7, 11) is 0. The molecule has 2 aromatic carbocycles. The van der Waals surface area contributed by atoms with Gasteiger partial charge >= 0.3 is 0 Å². The minimum absolute atomic E-state index is 0.119. The number of fused-ring (bicyclic) bond motifs is 2. The number of carbonyl (C=O) groups excluding carboxylic acids is 1. The molecule has 0 aromatic heterocycles. The third-order valence-corrected chi connectivity index (χ3v) is 4.63. The summed E-state index contributed by atoms with van der Waals surface area (Å²) in [5.41, 5.74) is 2.72. The molecule has 0 fully saturated rings. The fourth-order valence-electron chi connectivity index (χ4n) is 2.01. The quantitative estimate of drug-likeness (QED) is 0.649. The molecular weight excluding hydrogens is 320 g/mol. The van der Waals surface area contributed by atoms with Crippen molar-refractivity contribution in [1.82, 2.24) is 0 Å². The standard InChI is InChI=1S/C14H9BrOS.C2H6/c15-11-6-3-4-9-8-17-12-7-2-1-5-10(12)14(16)13(9)11;1-2/h1-7H,8H2;1-2H3. The predicted octanol–water partition coefficient (Wildman–Crippen LogP) is 5.31. The molecule has 3 rings (SSSR count). The van der Waals surface area contributed by atoms with Gasteiger partial charge < -0.3 is 0 Å². The molecule has 98 valence electrons. The molecule has 0 unspecified atom stereocenters. The Labute approximate surface area is 126 Å². The number of hydrogen-bond acceptors (Lipinski definition) is 2. The van der Waals surface area contributed by atoms with Crippen LogP contribution in [0.3, 0.4) is 0 Å². The van der Waals surface area contributed by atoms with Crippen LogP contribution in [0.4, 0.5) is 0 Å². The van der Waals surface area contributed by atoms with Crippen molar-refractivity contribution in [2.24, 2.45) is 0 Å². The largest absolute Gasteiger partial charge is 0.289 e. The molecule has 0 N–H and O–H groups in total. The van der Waals surface area contributed by atoms with Crippen molar-refractivity contribution in [1.29, 1.82) is 0 Å².